The van der Waals surface area contributed by atoms with Gasteiger partial charge in [-0.1, -0.05) is 72.2 Å². The third kappa shape index (κ3) is 2.32. The van der Waals surface area contributed by atoms with E-state index in [-0.39, 0.29) is 10.9 Å². The van der Waals surface area contributed by atoms with Crippen LogP contribution >= 0.6 is 15.9 Å². The van der Waals surface area contributed by atoms with E-state index in [0.29, 0.717) is 5.92 Å². The van der Waals surface area contributed by atoms with Crippen LogP contribution in [0.3, 0.4) is 0 Å². The van der Waals surface area contributed by atoms with E-state index in [4.69, 9.17) is 0 Å². The van der Waals surface area contributed by atoms with Crippen molar-refractivity contribution in [1.29, 1.82) is 0 Å². The average molecular weight is 331 g/mol. The van der Waals surface area contributed by atoms with Crippen LogP contribution in [0.4, 0.5) is 0 Å². The predicted molar refractivity (Wildman–Crippen MR) is 87.3 cm³/mol. The van der Waals surface area contributed by atoms with Crippen LogP contribution in [0.1, 0.15) is 42.6 Å². The summed E-state index contributed by atoms with van der Waals surface area (Å²) in [6.45, 7) is 4.42. The molecule has 0 spiro atoms. The molecule has 2 unspecified atom stereocenters. The summed E-state index contributed by atoms with van der Waals surface area (Å²) in [5.74, 6) is 0.555. The van der Waals surface area contributed by atoms with Crippen LogP contribution in [0.25, 0.3) is 11.1 Å². The van der Waals surface area contributed by atoms with E-state index in [1.54, 1.807) is 0 Å². The Morgan fingerprint density at radius 2 is 1.80 bits per heavy atom. The molecule has 20 heavy (non-hydrogen) atoms. The first-order chi connectivity index (χ1) is 9.58. The van der Waals surface area contributed by atoms with E-state index in [2.05, 4.69) is 60.1 Å². The van der Waals surface area contributed by atoms with Gasteiger partial charge in [0.2, 0.25) is 0 Å². The van der Waals surface area contributed by atoms with Crippen molar-refractivity contribution in [2.24, 2.45) is 0 Å². The fraction of sp³-hybridized carbons (Fsp3) is 0.333. The average Bonchev–Trinajstić information content (AvgIpc) is 2.74. The van der Waals surface area contributed by atoms with Gasteiger partial charge in [-0.15, -0.1) is 0 Å². The first-order valence-electron chi connectivity index (χ1n) is 7.12. The lowest BCUT2D eigenvalue weighted by Crippen LogP contribution is -2.03. The zero-order valence-corrected chi connectivity index (χ0v) is 13.4. The number of hydrogen-bond donors (Lipinski definition) is 1. The van der Waals surface area contributed by atoms with Crippen molar-refractivity contribution in [3.63, 3.8) is 0 Å². The van der Waals surface area contributed by atoms with E-state index in [9.17, 15) is 5.11 Å². The highest BCUT2D eigenvalue weighted by Gasteiger charge is 2.30. The second kappa shape index (κ2) is 5.34. The number of alkyl halides is 1. The number of fused-ring (bicyclic) bond motifs is 1. The molecular weight excluding hydrogens is 312 g/mol. The van der Waals surface area contributed by atoms with Gasteiger partial charge in [-0.25, -0.2) is 0 Å². The van der Waals surface area contributed by atoms with Gasteiger partial charge in [0.25, 0.3) is 0 Å². The summed E-state index contributed by atoms with van der Waals surface area (Å²) in [4.78, 5) is 0.133. The second-order valence-corrected chi connectivity index (χ2v) is 6.99. The van der Waals surface area contributed by atoms with Crippen LogP contribution in [0.15, 0.2) is 42.5 Å². The van der Waals surface area contributed by atoms with Gasteiger partial charge in [-0.2, -0.15) is 0 Å². The molecule has 0 radical (unpaired) electrons. The Morgan fingerprint density at radius 1 is 1.10 bits per heavy atom. The molecule has 3 rings (SSSR count). The first-order valence-corrected chi connectivity index (χ1v) is 8.03. The van der Waals surface area contributed by atoms with Gasteiger partial charge in [0.15, 0.2) is 0 Å². The lowest BCUT2D eigenvalue weighted by Gasteiger charge is -2.11. The van der Waals surface area contributed by atoms with Crippen molar-refractivity contribution in [1.82, 2.24) is 0 Å². The summed E-state index contributed by atoms with van der Waals surface area (Å²) in [5, 5.41) is 10.2. The quantitative estimate of drug-likeness (QED) is 0.782. The Balaban J connectivity index is 2.04. The molecule has 2 aromatic rings. The molecule has 0 bridgehead atoms. The maximum atomic E-state index is 10.2. The molecule has 2 heteroatoms. The minimum atomic E-state index is -0.389. The van der Waals surface area contributed by atoms with Crippen LogP contribution in [-0.4, -0.2) is 9.93 Å². The lowest BCUT2D eigenvalue weighted by atomic mass is 9.94. The van der Waals surface area contributed by atoms with Crippen LogP contribution < -0.4 is 0 Å². The Hall–Kier alpha value is -1.12. The van der Waals surface area contributed by atoms with Crippen LogP contribution in [0.5, 0.6) is 0 Å². The monoisotopic (exact) mass is 330 g/mol. The standard InChI is InChI=1S/C18H19BrO/c1-11(2)12-6-8-13(9-7-12)14-4-3-5-15-16(14)10-17(19)18(15)20/h3-9,11,17-18,20H,10H2,1-2H3. The zero-order chi connectivity index (χ0) is 14.3. The molecule has 1 aliphatic carbocycles. The van der Waals surface area contributed by atoms with Crippen molar-refractivity contribution in [2.45, 2.75) is 37.1 Å². The molecule has 0 aromatic heterocycles. The highest BCUT2D eigenvalue weighted by Crippen LogP contribution is 2.40. The van der Waals surface area contributed by atoms with Crippen LogP contribution in [-0.2, 0) is 6.42 Å². The maximum absolute atomic E-state index is 10.2. The molecule has 1 N–H and O–H groups in total. The first kappa shape index (κ1) is 13.8. The third-order valence-electron chi connectivity index (χ3n) is 4.16. The number of halogens is 1. The van der Waals surface area contributed by atoms with E-state index >= 15 is 0 Å². The largest absolute Gasteiger partial charge is 0.387 e. The van der Waals surface area contributed by atoms with Crippen molar-refractivity contribution in [2.75, 3.05) is 0 Å². The highest BCUT2D eigenvalue weighted by atomic mass is 79.9. The molecule has 0 heterocycles. The molecule has 1 nitrogen and oxygen atoms in total. The van der Waals surface area contributed by atoms with E-state index in [1.807, 2.05) is 12.1 Å². The summed E-state index contributed by atoms with van der Waals surface area (Å²) < 4.78 is 0. The molecule has 0 saturated heterocycles. The summed E-state index contributed by atoms with van der Waals surface area (Å²) in [7, 11) is 0. The van der Waals surface area contributed by atoms with Crippen LogP contribution in [0.2, 0.25) is 0 Å². The summed E-state index contributed by atoms with van der Waals surface area (Å²) in [5.41, 5.74) is 6.19. The van der Waals surface area contributed by atoms with Gasteiger partial charge in [0, 0.05) is 4.83 Å². The highest BCUT2D eigenvalue weighted by molar-refractivity contribution is 9.09. The minimum Gasteiger partial charge on any atom is -0.387 e. The third-order valence-corrected chi connectivity index (χ3v) is 4.99. The summed E-state index contributed by atoms with van der Waals surface area (Å²) >= 11 is 3.57. The molecule has 0 saturated carbocycles. The SMILES string of the molecule is CC(C)c1ccc(-c2cccc3c2CC(Br)C3O)cc1. The topological polar surface area (TPSA) is 20.2 Å². The Kier molecular flexibility index (Phi) is 3.70. The van der Waals surface area contributed by atoms with Gasteiger partial charge in [-0.3, -0.25) is 0 Å². The van der Waals surface area contributed by atoms with Gasteiger partial charge >= 0.3 is 0 Å². The van der Waals surface area contributed by atoms with Crippen molar-refractivity contribution >= 4 is 15.9 Å². The fourth-order valence-corrected chi connectivity index (χ4v) is 3.54. The minimum absolute atomic E-state index is 0.133. The second-order valence-electron chi connectivity index (χ2n) is 5.82. The predicted octanol–water partition coefficient (Wildman–Crippen LogP) is 4.83. The number of hydrogen-bond acceptors (Lipinski definition) is 1. The molecule has 0 aliphatic heterocycles. The molecule has 2 aromatic carbocycles. The van der Waals surface area contributed by atoms with Crippen molar-refractivity contribution < 1.29 is 5.11 Å². The lowest BCUT2D eigenvalue weighted by molar-refractivity contribution is 0.187. The molecule has 2 atom stereocenters. The summed E-state index contributed by atoms with van der Waals surface area (Å²) in [6.07, 6.45) is 0.499. The molecule has 0 fully saturated rings. The van der Waals surface area contributed by atoms with E-state index in [1.165, 1.54) is 22.3 Å². The molecular formula is C18H19BrO. The maximum Gasteiger partial charge on any atom is 0.0921 e. The molecule has 104 valence electrons. The van der Waals surface area contributed by atoms with Crippen molar-refractivity contribution in [3.8, 4) is 11.1 Å². The molecule has 1 aliphatic rings. The van der Waals surface area contributed by atoms with Gasteiger partial charge in [0.05, 0.1) is 6.10 Å². The number of aliphatic hydroxyl groups excluding tert-OH is 1. The Labute approximate surface area is 128 Å². The van der Waals surface area contributed by atoms with E-state index < -0.39 is 0 Å². The van der Waals surface area contributed by atoms with Crippen molar-refractivity contribution in [3.05, 3.63) is 59.2 Å². The normalized spacial score (nSPS) is 21.2. The van der Waals surface area contributed by atoms with Gasteiger partial charge in [-0.05, 0) is 40.2 Å². The zero-order valence-electron chi connectivity index (χ0n) is 11.8. The molecule has 0 amide bonds. The van der Waals surface area contributed by atoms with Gasteiger partial charge < -0.3 is 5.11 Å². The summed E-state index contributed by atoms with van der Waals surface area (Å²) in [6, 6.07) is 15.0. The Morgan fingerprint density at radius 3 is 2.45 bits per heavy atom. The van der Waals surface area contributed by atoms with Gasteiger partial charge in [0.1, 0.15) is 0 Å². The number of benzene rings is 2. The smallest absolute Gasteiger partial charge is 0.0921 e. The number of aliphatic hydroxyl groups is 1. The van der Waals surface area contributed by atoms with E-state index in [0.717, 1.165) is 12.0 Å². The van der Waals surface area contributed by atoms with Crippen LogP contribution in [0, 0.1) is 0 Å². The number of rotatable bonds is 2. The fourth-order valence-electron chi connectivity index (χ4n) is 2.93. The Bertz CT molecular complexity index is 616.